The quantitative estimate of drug-likeness (QED) is 0.0372. The lowest BCUT2D eigenvalue weighted by Gasteiger charge is -2.64. The van der Waals surface area contributed by atoms with Crippen LogP contribution in [-0.4, -0.2) is 241 Å². The molecule has 3 saturated carbocycles. The Morgan fingerprint density at radius 1 is 0.716 bits per heavy atom. The summed E-state index contributed by atoms with van der Waals surface area (Å²) in [6.45, 7) is 14.9. The van der Waals surface area contributed by atoms with Crippen LogP contribution in [0.1, 0.15) is 120 Å². The summed E-state index contributed by atoms with van der Waals surface area (Å²) < 4.78 is 98.1. The van der Waals surface area contributed by atoms with Crippen LogP contribution in [0.5, 0.6) is 0 Å². The molecule has 28 unspecified atom stereocenters. The lowest BCUT2D eigenvalue weighted by molar-refractivity contribution is -0.387. The number of methoxy groups -OCH3 is 1. The Morgan fingerprint density at radius 3 is 1.98 bits per heavy atom. The number of rotatable bonds is 16. The zero-order valence-corrected chi connectivity index (χ0v) is 48.4. The first-order chi connectivity index (χ1) is 37.6. The Bertz CT molecular complexity index is 2410. The molecule has 5 heterocycles. The highest BCUT2D eigenvalue weighted by molar-refractivity contribution is 7.80. The molecule has 4 aliphatic carbocycles. The van der Waals surface area contributed by atoms with Crippen molar-refractivity contribution in [1.29, 1.82) is 0 Å². The standard InChI is InChI=1S/C54H88O26S/c1-23-32(57)41(77-45-37(62)40(70-10)33(58)27(21-55)74-45)38(63)44(72-23)76-39-24(2)73-43(36(61)35(39)60)78-42-34(59)28(80-81(67,68)69)22-71-46(42)75-31-14-17-50(7)26-20-30(56)54-47(64)79-52(9,16-11-15-48(3,4)65)53(54,66)19-18-51(54,8)25(26)12-13-29(50)49(31,5)6/h20,23-25,27-46,55-63,65-66H,11-19,21-22H2,1-10H3,(H,67,68,69). The molecule has 26 nitrogen and oxygen atoms in total. The molecule has 81 heavy (non-hydrogen) atoms. The Balaban J connectivity index is 0.906. The van der Waals surface area contributed by atoms with Gasteiger partial charge in [0.1, 0.15) is 96.0 Å². The predicted octanol–water partition coefficient (Wildman–Crippen LogP) is -1.25. The van der Waals surface area contributed by atoms with Gasteiger partial charge in [-0.05, 0) is 120 Å². The third-order valence-electron chi connectivity index (χ3n) is 20.7. The highest BCUT2D eigenvalue weighted by atomic mass is 32.3. The second-order valence-electron chi connectivity index (χ2n) is 26.4. The van der Waals surface area contributed by atoms with Crippen LogP contribution in [0.25, 0.3) is 0 Å². The van der Waals surface area contributed by atoms with Crippen LogP contribution in [0.15, 0.2) is 11.6 Å². The van der Waals surface area contributed by atoms with Crippen LogP contribution in [0.4, 0.5) is 0 Å². The number of aliphatic hydroxyl groups excluding tert-OH is 9. The van der Waals surface area contributed by atoms with Crippen molar-refractivity contribution in [2.24, 2.45) is 33.5 Å². The number of hydrogen-bond donors (Lipinski definition) is 12. The Kier molecular flexibility index (Phi) is 17.7. The summed E-state index contributed by atoms with van der Waals surface area (Å²) in [6.07, 6.45) is -26.9. The van der Waals surface area contributed by atoms with E-state index >= 15 is 0 Å². The van der Waals surface area contributed by atoms with Gasteiger partial charge in [-0.2, -0.15) is 8.42 Å². The van der Waals surface area contributed by atoms with E-state index < -0.39 is 197 Å². The number of carbonyl (C=O) groups excluding carboxylic acids is 1. The summed E-state index contributed by atoms with van der Waals surface area (Å²) in [5.74, 6) is -0.956. The van der Waals surface area contributed by atoms with Crippen molar-refractivity contribution in [1.82, 2.24) is 0 Å². The molecule has 5 saturated heterocycles. The van der Waals surface area contributed by atoms with E-state index in [0.29, 0.717) is 51.4 Å². The SMILES string of the molecule is COC1C(O)C(CO)OC(OC2C(O)C(C)OC(OC3C(C)OC(OC4C(OC5CCC6(C)C7=CC(O)C89C(=O)OC(C)(CCCC(C)(C)O)C8(O)CCC9(C)C7CCC6C5(C)C)OCC(OS(=O)(=O)O)C4O)C(O)C3O)C2O)C1O. The van der Waals surface area contributed by atoms with Crippen LogP contribution in [0, 0.1) is 33.5 Å². The van der Waals surface area contributed by atoms with Crippen molar-refractivity contribution in [2.75, 3.05) is 20.3 Å². The predicted molar refractivity (Wildman–Crippen MR) is 274 cm³/mol. The number of hydrogen-bond acceptors (Lipinski definition) is 25. The van der Waals surface area contributed by atoms with Gasteiger partial charge >= 0.3 is 16.4 Å². The minimum absolute atomic E-state index is 0.124. The molecular formula is C54H88O26S. The van der Waals surface area contributed by atoms with Gasteiger partial charge in [-0.25, -0.2) is 4.18 Å². The van der Waals surface area contributed by atoms with Crippen molar-refractivity contribution < 1.29 is 125 Å². The van der Waals surface area contributed by atoms with Gasteiger partial charge in [0.2, 0.25) is 0 Å². The fourth-order valence-electron chi connectivity index (χ4n) is 16.4. The molecule has 0 aromatic heterocycles. The Morgan fingerprint density at radius 2 is 1.33 bits per heavy atom. The maximum Gasteiger partial charge on any atom is 0.397 e. The van der Waals surface area contributed by atoms with Gasteiger partial charge in [0.15, 0.2) is 25.2 Å². The van der Waals surface area contributed by atoms with Crippen molar-refractivity contribution in [2.45, 2.75) is 266 Å². The molecule has 1 spiro atoms. The van der Waals surface area contributed by atoms with Crippen LogP contribution in [0.3, 0.4) is 0 Å². The van der Waals surface area contributed by atoms with Gasteiger partial charge in [0.25, 0.3) is 0 Å². The number of esters is 1. The molecule has 27 heteroatoms. The number of fused-ring (bicyclic) bond motifs is 4. The molecule has 12 N–H and O–H groups in total. The molecule has 0 bridgehead atoms. The van der Waals surface area contributed by atoms with E-state index in [-0.39, 0.29) is 18.3 Å². The maximum absolute atomic E-state index is 14.5. The normalized spacial score (nSPS) is 51.8. The van der Waals surface area contributed by atoms with Gasteiger partial charge in [0.05, 0.1) is 43.2 Å². The molecule has 0 aromatic carbocycles. The van der Waals surface area contributed by atoms with E-state index in [4.69, 9.17) is 51.6 Å². The summed E-state index contributed by atoms with van der Waals surface area (Å²) in [5, 5.41) is 125. The van der Waals surface area contributed by atoms with E-state index in [2.05, 4.69) is 6.92 Å². The van der Waals surface area contributed by atoms with Gasteiger partial charge in [-0.1, -0.05) is 39.3 Å². The highest BCUT2D eigenvalue weighted by Gasteiger charge is 2.85. The second-order valence-corrected chi connectivity index (χ2v) is 27.4. The first-order valence-electron chi connectivity index (χ1n) is 28.4. The molecule has 5 aliphatic heterocycles. The summed E-state index contributed by atoms with van der Waals surface area (Å²) in [7, 11) is -3.98. The molecule has 9 rings (SSSR count). The zero-order chi connectivity index (χ0) is 59.7. The Hall–Kier alpha value is -1.72. The van der Waals surface area contributed by atoms with E-state index in [1.54, 1.807) is 26.8 Å². The monoisotopic (exact) mass is 1180 g/mol. The molecule has 0 amide bonds. The molecule has 0 radical (unpaired) electrons. The second kappa shape index (κ2) is 22.5. The third kappa shape index (κ3) is 10.5. The van der Waals surface area contributed by atoms with Gasteiger partial charge in [0, 0.05) is 7.11 Å². The highest BCUT2D eigenvalue weighted by Crippen LogP contribution is 2.77. The summed E-state index contributed by atoms with van der Waals surface area (Å²) in [6, 6.07) is 0. The van der Waals surface area contributed by atoms with Crippen molar-refractivity contribution >= 4 is 16.4 Å². The smallest absolute Gasteiger partial charge is 0.397 e. The van der Waals surface area contributed by atoms with Gasteiger partial charge in [-0.15, -0.1) is 0 Å². The number of aliphatic hydroxyl groups is 11. The van der Waals surface area contributed by atoms with Crippen LogP contribution in [-0.2, 0) is 66.7 Å². The lowest BCUT2D eigenvalue weighted by Crippen LogP contribution is -2.68. The molecule has 8 fully saturated rings. The minimum atomic E-state index is -5.18. The van der Waals surface area contributed by atoms with Crippen LogP contribution >= 0.6 is 0 Å². The van der Waals surface area contributed by atoms with E-state index in [1.807, 2.05) is 20.8 Å². The number of allylic oxidation sites excluding steroid dienone is 1. The first kappa shape index (κ1) is 63.8. The van der Waals surface area contributed by atoms with Crippen molar-refractivity contribution in [3.8, 4) is 0 Å². The minimum Gasteiger partial charge on any atom is -0.456 e. The molecule has 0 aromatic rings. The van der Waals surface area contributed by atoms with Crippen LogP contribution in [0.2, 0.25) is 0 Å². The first-order valence-corrected chi connectivity index (χ1v) is 29.8. The topological polar surface area (TPSA) is 396 Å². The van der Waals surface area contributed by atoms with Crippen LogP contribution < -0.4 is 0 Å². The summed E-state index contributed by atoms with van der Waals surface area (Å²) in [5.41, 5.74) is -6.77. The van der Waals surface area contributed by atoms with E-state index in [9.17, 15) is 73.9 Å². The van der Waals surface area contributed by atoms with E-state index in [0.717, 1.165) is 5.57 Å². The van der Waals surface area contributed by atoms with Crippen molar-refractivity contribution in [3.63, 3.8) is 0 Å². The molecule has 9 aliphatic rings. The fourth-order valence-corrected chi connectivity index (χ4v) is 16.9. The molecular weight excluding hydrogens is 1100 g/mol. The lowest BCUT2D eigenvalue weighted by atomic mass is 9.40. The average Bonchev–Trinajstić information content (AvgIpc) is 3.82. The van der Waals surface area contributed by atoms with Gasteiger partial charge < -0.3 is 104 Å². The summed E-state index contributed by atoms with van der Waals surface area (Å²) >= 11 is 0. The third-order valence-corrected chi connectivity index (χ3v) is 21.2. The largest absolute Gasteiger partial charge is 0.456 e. The molecule has 466 valence electrons. The average molecular weight is 1190 g/mol. The number of ether oxygens (including phenoxy) is 10. The van der Waals surface area contributed by atoms with E-state index in [1.165, 1.54) is 21.0 Å². The Labute approximate surface area is 471 Å². The van der Waals surface area contributed by atoms with Gasteiger partial charge in [-0.3, -0.25) is 9.35 Å². The zero-order valence-electron chi connectivity index (χ0n) is 47.6. The summed E-state index contributed by atoms with van der Waals surface area (Å²) in [4.78, 5) is 14.5. The number of carbonyl (C=O) groups is 1. The van der Waals surface area contributed by atoms with Crippen molar-refractivity contribution in [3.05, 3.63) is 11.6 Å². The number of cyclic esters (lactones) is 1. The maximum atomic E-state index is 14.5. The fraction of sp³-hybridized carbons (Fsp3) is 0.944. The molecule has 28 atom stereocenters.